The molecule has 0 amide bonds. The first-order valence-corrected chi connectivity index (χ1v) is 9.48. The van der Waals surface area contributed by atoms with Crippen molar-refractivity contribution in [2.45, 2.75) is 50.0 Å². The summed E-state index contributed by atoms with van der Waals surface area (Å²) in [6.07, 6.45) is 5.53. The standard InChI is InChI=1S/C18H24O4S/c1-21-15-8-4-7-14(18(17(19)20)9-2-3-10-18)16(15)22-13-6-5-11-23-12-13/h4,7-8,13H,2-3,5-6,9-12H2,1H3,(H,19,20). The van der Waals surface area contributed by atoms with Crippen molar-refractivity contribution in [3.8, 4) is 11.5 Å². The van der Waals surface area contributed by atoms with E-state index in [1.165, 1.54) is 5.75 Å². The van der Waals surface area contributed by atoms with Crippen molar-refractivity contribution in [1.82, 2.24) is 0 Å². The van der Waals surface area contributed by atoms with Gasteiger partial charge in [0.25, 0.3) is 0 Å². The number of ether oxygens (including phenoxy) is 2. The molecule has 0 aromatic heterocycles. The minimum atomic E-state index is -0.828. The lowest BCUT2D eigenvalue weighted by molar-refractivity contribution is -0.143. The van der Waals surface area contributed by atoms with Gasteiger partial charge >= 0.3 is 5.97 Å². The molecule has 23 heavy (non-hydrogen) atoms. The first-order chi connectivity index (χ1) is 11.2. The molecule has 1 saturated heterocycles. The summed E-state index contributed by atoms with van der Waals surface area (Å²) in [5.41, 5.74) is -0.0384. The monoisotopic (exact) mass is 336 g/mol. The SMILES string of the molecule is COc1cccc(C2(C(=O)O)CCCC2)c1OC1CCCSC1. The maximum absolute atomic E-state index is 12.1. The zero-order chi connectivity index (χ0) is 16.3. The number of para-hydroxylation sites is 1. The molecule has 0 radical (unpaired) electrons. The van der Waals surface area contributed by atoms with Crippen molar-refractivity contribution in [3.05, 3.63) is 23.8 Å². The molecule has 5 heteroatoms. The molecule has 3 rings (SSSR count). The molecule has 1 aliphatic carbocycles. The number of carbonyl (C=O) groups is 1. The Morgan fingerprint density at radius 3 is 2.70 bits per heavy atom. The number of methoxy groups -OCH3 is 1. The van der Waals surface area contributed by atoms with Crippen LogP contribution in [0.15, 0.2) is 18.2 Å². The maximum atomic E-state index is 12.1. The lowest BCUT2D eigenvalue weighted by Crippen LogP contribution is -2.34. The summed E-state index contributed by atoms with van der Waals surface area (Å²) in [5, 5.41) is 9.91. The number of rotatable bonds is 5. The molecule has 1 unspecified atom stereocenters. The fourth-order valence-electron chi connectivity index (χ4n) is 3.72. The van der Waals surface area contributed by atoms with Gasteiger partial charge in [-0.15, -0.1) is 0 Å². The van der Waals surface area contributed by atoms with Gasteiger partial charge in [0.2, 0.25) is 0 Å². The van der Waals surface area contributed by atoms with Crippen molar-refractivity contribution in [2.24, 2.45) is 0 Å². The molecule has 1 aromatic rings. The summed E-state index contributed by atoms with van der Waals surface area (Å²) < 4.78 is 11.8. The molecule has 0 spiro atoms. The summed E-state index contributed by atoms with van der Waals surface area (Å²) in [7, 11) is 1.61. The highest BCUT2D eigenvalue weighted by atomic mass is 32.2. The number of benzene rings is 1. The molecule has 1 atom stereocenters. The number of hydrogen-bond donors (Lipinski definition) is 1. The number of hydrogen-bond acceptors (Lipinski definition) is 4. The third-order valence-corrected chi connectivity index (χ3v) is 6.17. The fraction of sp³-hybridized carbons (Fsp3) is 0.611. The summed E-state index contributed by atoms with van der Waals surface area (Å²) >= 11 is 1.90. The van der Waals surface area contributed by atoms with Gasteiger partial charge in [0.05, 0.1) is 12.5 Å². The van der Waals surface area contributed by atoms with Gasteiger partial charge < -0.3 is 14.6 Å². The van der Waals surface area contributed by atoms with Gasteiger partial charge in [-0.2, -0.15) is 11.8 Å². The molecule has 2 aliphatic rings. The minimum absolute atomic E-state index is 0.135. The zero-order valence-electron chi connectivity index (χ0n) is 13.5. The third kappa shape index (κ3) is 3.16. The van der Waals surface area contributed by atoms with E-state index in [0.717, 1.165) is 37.0 Å². The van der Waals surface area contributed by atoms with Crippen LogP contribution in [-0.2, 0) is 10.2 Å². The van der Waals surface area contributed by atoms with Crippen LogP contribution in [0.4, 0.5) is 0 Å². The van der Waals surface area contributed by atoms with Crippen LogP contribution in [0, 0.1) is 0 Å². The first-order valence-electron chi connectivity index (χ1n) is 8.32. The maximum Gasteiger partial charge on any atom is 0.314 e. The number of thioether (sulfide) groups is 1. The van der Waals surface area contributed by atoms with E-state index >= 15 is 0 Å². The highest BCUT2D eigenvalue weighted by Gasteiger charge is 2.45. The molecule has 2 fully saturated rings. The van der Waals surface area contributed by atoms with Crippen molar-refractivity contribution >= 4 is 17.7 Å². The van der Waals surface area contributed by atoms with E-state index in [0.29, 0.717) is 24.3 Å². The Bertz CT molecular complexity index is 560. The van der Waals surface area contributed by atoms with Crippen molar-refractivity contribution in [3.63, 3.8) is 0 Å². The topological polar surface area (TPSA) is 55.8 Å². The molecule has 4 nitrogen and oxygen atoms in total. The van der Waals surface area contributed by atoms with Gasteiger partial charge in [-0.25, -0.2) is 0 Å². The van der Waals surface area contributed by atoms with E-state index < -0.39 is 11.4 Å². The molecule has 1 N–H and O–H groups in total. The van der Waals surface area contributed by atoms with E-state index in [1.54, 1.807) is 7.11 Å². The highest BCUT2D eigenvalue weighted by molar-refractivity contribution is 7.99. The normalized spacial score (nSPS) is 23.4. The number of carboxylic acids is 1. The largest absolute Gasteiger partial charge is 0.493 e. The van der Waals surface area contributed by atoms with Gasteiger partial charge in [0, 0.05) is 11.3 Å². The lowest BCUT2D eigenvalue weighted by Gasteiger charge is -2.30. The predicted molar refractivity (Wildman–Crippen MR) is 91.8 cm³/mol. The highest BCUT2D eigenvalue weighted by Crippen LogP contribution is 2.48. The Balaban J connectivity index is 2.00. The molecular formula is C18H24O4S. The third-order valence-electron chi connectivity index (χ3n) is 4.98. The van der Waals surface area contributed by atoms with Gasteiger partial charge in [-0.1, -0.05) is 25.0 Å². The summed E-state index contributed by atoms with van der Waals surface area (Å²) in [4.78, 5) is 12.1. The van der Waals surface area contributed by atoms with Crippen molar-refractivity contribution < 1.29 is 19.4 Å². The first kappa shape index (κ1) is 16.5. The quantitative estimate of drug-likeness (QED) is 0.885. The molecule has 1 aliphatic heterocycles. The Morgan fingerprint density at radius 2 is 2.09 bits per heavy atom. The van der Waals surface area contributed by atoms with E-state index in [2.05, 4.69) is 0 Å². The second kappa shape index (κ2) is 7.04. The summed E-state index contributed by atoms with van der Waals surface area (Å²) in [5.74, 6) is 2.68. The average molecular weight is 336 g/mol. The second-order valence-corrected chi connectivity index (χ2v) is 7.54. The molecule has 1 heterocycles. The number of aliphatic carboxylic acids is 1. The van der Waals surface area contributed by atoms with Crippen LogP contribution in [0.3, 0.4) is 0 Å². The van der Waals surface area contributed by atoms with E-state index in [-0.39, 0.29) is 6.10 Å². The summed E-state index contributed by atoms with van der Waals surface area (Å²) in [6.45, 7) is 0. The van der Waals surface area contributed by atoms with Gasteiger partial charge in [-0.05, 0) is 37.5 Å². The molecule has 1 saturated carbocycles. The summed E-state index contributed by atoms with van der Waals surface area (Å²) in [6, 6.07) is 5.65. The molecule has 1 aromatic carbocycles. The Kier molecular flexibility index (Phi) is 5.05. The Labute approximate surface area is 141 Å². The van der Waals surface area contributed by atoms with Crippen molar-refractivity contribution in [1.29, 1.82) is 0 Å². The second-order valence-electron chi connectivity index (χ2n) is 6.39. The van der Waals surface area contributed by atoms with Crippen LogP contribution < -0.4 is 9.47 Å². The Hall–Kier alpha value is -1.36. The van der Waals surface area contributed by atoms with Crippen molar-refractivity contribution in [2.75, 3.05) is 18.6 Å². The molecule has 126 valence electrons. The van der Waals surface area contributed by atoms with Gasteiger partial charge in [0.15, 0.2) is 11.5 Å². The van der Waals surface area contributed by atoms with Crippen LogP contribution in [-0.4, -0.2) is 35.8 Å². The number of carboxylic acid groups (broad SMARTS) is 1. The molecular weight excluding hydrogens is 312 g/mol. The van der Waals surface area contributed by atoms with Crippen LogP contribution in [0.1, 0.15) is 44.1 Å². The predicted octanol–water partition coefficient (Wildman–Crippen LogP) is 3.87. The van der Waals surface area contributed by atoms with E-state index in [9.17, 15) is 9.90 Å². The smallest absolute Gasteiger partial charge is 0.314 e. The van der Waals surface area contributed by atoms with E-state index in [1.807, 2.05) is 30.0 Å². The minimum Gasteiger partial charge on any atom is -0.493 e. The van der Waals surface area contributed by atoms with Crippen LogP contribution in [0.2, 0.25) is 0 Å². The van der Waals surface area contributed by atoms with Crippen LogP contribution in [0.5, 0.6) is 11.5 Å². The van der Waals surface area contributed by atoms with Gasteiger partial charge in [-0.3, -0.25) is 4.79 Å². The average Bonchev–Trinajstić information content (AvgIpc) is 3.07. The van der Waals surface area contributed by atoms with Crippen LogP contribution >= 0.6 is 11.8 Å². The Morgan fingerprint density at radius 1 is 1.30 bits per heavy atom. The lowest BCUT2D eigenvalue weighted by atomic mass is 9.78. The van der Waals surface area contributed by atoms with E-state index in [4.69, 9.17) is 9.47 Å². The zero-order valence-corrected chi connectivity index (χ0v) is 14.4. The van der Waals surface area contributed by atoms with Crippen LogP contribution in [0.25, 0.3) is 0 Å². The molecule has 0 bridgehead atoms. The van der Waals surface area contributed by atoms with Gasteiger partial charge in [0.1, 0.15) is 6.10 Å². The fourth-order valence-corrected chi connectivity index (χ4v) is 4.76.